The van der Waals surface area contributed by atoms with E-state index in [4.69, 9.17) is 9.72 Å². The fraction of sp³-hybridized carbons (Fsp3) is 0.458. The van der Waals surface area contributed by atoms with Crippen molar-refractivity contribution in [3.8, 4) is 0 Å². The maximum absolute atomic E-state index is 13.2. The topological polar surface area (TPSA) is 66.0 Å². The van der Waals surface area contributed by atoms with Crippen molar-refractivity contribution in [1.82, 2.24) is 9.88 Å². The van der Waals surface area contributed by atoms with Crippen LogP contribution in [-0.4, -0.2) is 60.7 Å². The summed E-state index contributed by atoms with van der Waals surface area (Å²) >= 11 is 0. The Morgan fingerprint density at radius 1 is 1.00 bits per heavy atom. The lowest BCUT2D eigenvalue weighted by molar-refractivity contribution is 0.0745. The van der Waals surface area contributed by atoms with E-state index in [1.807, 2.05) is 43.9 Å². The molecule has 3 heterocycles. The normalized spacial score (nSPS) is 19.1. The molecule has 7 heteroatoms. The van der Waals surface area contributed by atoms with Crippen molar-refractivity contribution in [3.05, 3.63) is 52.2 Å². The van der Waals surface area contributed by atoms with E-state index in [-0.39, 0.29) is 18.0 Å². The Kier molecular flexibility index (Phi) is 5.60. The fourth-order valence-electron chi connectivity index (χ4n) is 4.35. The highest BCUT2D eigenvalue weighted by atomic mass is 16.6. The number of carbonyl (C=O) groups excluding carboxylic acids is 2. The van der Waals surface area contributed by atoms with Gasteiger partial charge >= 0.3 is 6.09 Å². The van der Waals surface area contributed by atoms with Crippen molar-refractivity contribution in [2.45, 2.75) is 40.7 Å². The minimum atomic E-state index is -0.336. The first kappa shape index (κ1) is 21.2. The Morgan fingerprint density at radius 3 is 2.32 bits per heavy atom. The summed E-state index contributed by atoms with van der Waals surface area (Å²) in [5.74, 6) is 1.05. The molecule has 0 aliphatic carbocycles. The number of hydrogen-bond acceptors (Lipinski definition) is 5. The fourth-order valence-corrected chi connectivity index (χ4v) is 4.35. The minimum Gasteiger partial charge on any atom is -0.447 e. The average molecular weight is 423 g/mol. The molecule has 2 aliphatic heterocycles. The van der Waals surface area contributed by atoms with Crippen LogP contribution < -0.4 is 9.80 Å². The number of aromatic nitrogens is 1. The van der Waals surface area contributed by atoms with E-state index in [1.54, 1.807) is 4.90 Å². The zero-order valence-corrected chi connectivity index (χ0v) is 18.9. The summed E-state index contributed by atoms with van der Waals surface area (Å²) in [7, 11) is 0. The van der Waals surface area contributed by atoms with Gasteiger partial charge in [-0.05, 0) is 69.5 Å². The quantitative estimate of drug-likeness (QED) is 0.756. The van der Waals surface area contributed by atoms with Crippen LogP contribution in [0.2, 0.25) is 0 Å². The van der Waals surface area contributed by atoms with Crippen molar-refractivity contribution in [2.24, 2.45) is 0 Å². The number of amides is 2. The lowest BCUT2D eigenvalue weighted by Gasteiger charge is -2.36. The molecule has 0 unspecified atom stereocenters. The number of nitrogens with zero attached hydrogens (tertiary/aromatic N) is 4. The van der Waals surface area contributed by atoms with Gasteiger partial charge in [-0.3, -0.25) is 9.69 Å². The molecule has 2 fully saturated rings. The van der Waals surface area contributed by atoms with Gasteiger partial charge in [0.15, 0.2) is 0 Å². The molecule has 2 saturated heterocycles. The van der Waals surface area contributed by atoms with Gasteiger partial charge in [0.25, 0.3) is 5.91 Å². The Labute approximate surface area is 183 Å². The molecule has 31 heavy (non-hydrogen) atoms. The Bertz CT molecular complexity index is 1030. The summed E-state index contributed by atoms with van der Waals surface area (Å²) in [5.41, 5.74) is 5.73. The molecule has 2 aliphatic rings. The van der Waals surface area contributed by atoms with Gasteiger partial charge in [0.05, 0.1) is 6.04 Å². The van der Waals surface area contributed by atoms with Gasteiger partial charge in [-0.15, -0.1) is 0 Å². The molecule has 0 N–H and O–H groups in total. The molecular formula is C24H30N4O3. The minimum absolute atomic E-state index is 0.0102. The second kappa shape index (κ2) is 8.21. The number of ether oxygens (including phenoxy) is 1. The molecule has 2 aromatic rings. The van der Waals surface area contributed by atoms with E-state index in [1.165, 1.54) is 11.1 Å². The molecule has 1 aromatic carbocycles. The summed E-state index contributed by atoms with van der Waals surface area (Å²) < 4.78 is 5.12. The first-order valence-electron chi connectivity index (χ1n) is 10.8. The van der Waals surface area contributed by atoms with E-state index in [0.29, 0.717) is 25.3 Å². The maximum Gasteiger partial charge on any atom is 0.414 e. The number of carbonyl (C=O) groups is 2. The van der Waals surface area contributed by atoms with Crippen molar-refractivity contribution >= 4 is 23.5 Å². The number of hydrogen-bond donors (Lipinski definition) is 0. The van der Waals surface area contributed by atoms with E-state index >= 15 is 0 Å². The summed E-state index contributed by atoms with van der Waals surface area (Å²) in [5, 5.41) is 0. The molecular weight excluding hydrogens is 392 g/mol. The zero-order chi connectivity index (χ0) is 22.3. The predicted molar refractivity (Wildman–Crippen MR) is 121 cm³/mol. The predicted octanol–water partition coefficient (Wildman–Crippen LogP) is 3.62. The van der Waals surface area contributed by atoms with Crippen molar-refractivity contribution in [2.75, 3.05) is 42.6 Å². The Balaban J connectivity index is 1.45. The van der Waals surface area contributed by atoms with Crippen LogP contribution in [0.3, 0.4) is 0 Å². The Hall–Kier alpha value is -3.09. The number of rotatable bonds is 3. The monoisotopic (exact) mass is 422 g/mol. The molecule has 4 rings (SSSR count). The highest BCUT2D eigenvalue weighted by Crippen LogP contribution is 2.27. The van der Waals surface area contributed by atoms with Crippen LogP contribution in [0.5, 0.6) is 0 Å². The van der Waals surface area contributed by atoms with E-state index in [9.17, 15) is 9.59 Å². The highest BCUT2D eigenvalue weighted by Gasteiger charge is 2.31. The van der Waals surface area contributed by atoms with Gasteiger partial charge in [0, 0.05) is 43.1 Å². The largest absolute Gasteiger partial charge is 0.447 e. The summed E-state index contributed by atoms with van der Waals surface area (Å²) in [6.45, 7) is 13.3. The number of cyclic esters (lactones) is 1. The van der Waals surface area contributed by atoms with Crippen LogP contribution in [0.15, 0.2) is 24.3 Å². The van der Waals surface area contributed by atoms with Gasteiger partial charge in [-0.1, -0.05) is 6.07 Å². The maximum atomic E-state index is 13.2. The van der Waals surface area contributed by atoms with Gasteiger partial charge in [0.2, 0.25) is 0 Å². The summed E-state index contributed by atoms with van der Waals surface area (Å²) in [6.07, 6.45) is -0.336. The zero-order valence-electron chi connectivity index (χ0n) is 18.9. The number of piperazine rings is 1. The molecule has 0 spiro atoms. The van der Waals surface area contributed by atoms with Crippen LogP contribution in [-0.2, 0) is 4.74 Å². The molecule has 0 radical (unpaired) electrons. The second-order valence-corrected chi connectivity index (χ2v) is 8.61. The molecule has 164 valence electrons. The SMILES string of the molecule is Cc1cc(N2C(=O)OC[C@H]2C)ccc1C(=O)N1CCN(c2nc(C)c(C)cc2C)CC1. The third-order valence-electron chi connectivity index (χ3n) is 6.30. The van der Waals surface area contributed by atoms with Crippen LogP contribution in [0.4, 0.5) is 16.3 Å². The van der Waals surface area contributed by atoms with Crippen molar-refractivity contribution in [3.63, 3.8) is 0 Å². The van der Waals surface area contributed by atoms with Crippen molar-refractivity contribution < 1.29 is 14.3 Å². The highest BCUT2D eigenvalue weighted by molar-refractivity contribution is 5.97. The Morgan fingerprint density at radius 2 is 1.71 bits per heavy atom. The van der Waals surface area contributed by atoms with E-state index in [0.717, 1.165) is 35.9 Å². The third-order valence-corrected chi connectivity index (χ3v) is 6.30. The standard InChI is InChI=1S/C24H30N4O3/c1-15-12-17(3)22(25-19(15)5)26-8-10-27(11-9-26)23(29)21-7-6-20(13-16(21)2)28-18(4)14-31-24(28)30/h6-7,12-13,18H,8-11,14H2,1-5H3/t18-/m1/s1. The second-order valence-electron chi connectivity index (χ2n) is 8.61. The first-order valence-corrected chi connectivity index (χ1v) is 10.8. The van der Waals surface area contributed by atoms with E-state index < -0.39 is 0 Å². The molecule has 0 saturated carbocycles. The summed E-state index contributed by atoms with van der Waals surface area (Å²) in [4.78, 5) is 35.8. The molecule has 7 nitrogen and oxygen atoms in total. The first-order chi connectivity index (χ1) is 14.8. The number of anilines is 2. The average Bonchev–Trinajstić information content (AvgIpc) is 3.08. The lowest BCUT2D eigenvalue weighted by atomic mass is 10.0. The summed E-state index contributed by atoms with van der Waals surface area (Å²) in [6, 6.07) is 7.73. The third kappa shape index (κ3) is 3.96. The number of benzene rings is 1. The number of aryl methyl sites for hydroxylation is 4. The smallest absolute Gasteiger partial charge is 0.414 e. The van der Waals surface area contributed by atoms with Crippen LogP contribution in [0.1, 0.15) is 39.7 Å². The van der Waals surface area contributed by atoms with Crippen molar-refractivity contribution in [1.29, 1.82) is 0 Å². The van der Waals surface area contributed by atoms with E-state index in [2.05, 4.69) is 24.8 Å². The van der Waals surface area contributed by atoms with Gasteiger partial charge < -0.3 is 14.5 Å². The van der Waals surface area contributed by atoms with Gasteiger partial charge in [0.1, 0.15) is 12.4 Å². The molecule has 2 amide bonds. The van der Waals surface area contributed by atoms with Crippen LogP contribution in [0.25, 0.3) is 0 Å². The van der Waals surface area contributed by atoms with Crippen LogP contribution in [0, 0.1) is 27.7 Å². The molecule has 1 atom stereocenters. The van der Waals surface area contributed by atoms with Gasteiger partial charge in [-0.2, -0.15) is 0 Å². The van der Waals surface area contributed by atoms with Crippen LogP contribution >= 0.6 is 0 Å². The lowest BCUT2D eigenvalue weighted by Crippen LogP contribution is -2.49. The molecule has 1 aromatic heterocycles. The number of pyridine rings is 1. The van der Waals surface area contributed by atoms with Gasteiger partial charge in [-0.25, -0.2) is 9.78 Å². The molecule has 0 bridgehead atoms.